The van der Waals surface area contributed by atoms with Gasteiger partial charge in [0.05, 0.1) is 18.5 Å². The molecule has 5 rings (SSSR count). The van der Waals surface area contributed by atoms with Crippen LogP contribution in [0.15, 0.2) is 30.5 Å². The molecule has 12 heteroatoms. The van der Waals surface area contributed by atoms with Crippen molar-refractivity contribution in [1.82, 2.24) is 24.6 Å². The molecule has 1 aromatic carbocycles. The number of fused-ring (bicyclic) bond motifs is 3. The molecule has 1 atom stereocenters. The minimum atomic E-state index is -0.517. The van der Waals surface area contributed by atoms with Crippen LogP contribution in [0.4, 0.5) is 26.2 Å². The predicted molar refractivity (Wildman–Crippen MR) is 147 cm³/mol. The molecule has 2 aromatic heterocycles. The summed E-state index contributed by atoms with van der Waals surface area (Å²) in [5.41, 5.74) is 9.16. The summed E-state index contributed by atoms with van der Waals surface area (Å²) in [6.07, 6.45) is 7.46. The number of nitrogens with zero attached hydrogens (tertiary/aromatic N) is 7. The number of hydrogen-bond donors (Lipinski definition) is 2. The van der Waals surface area contributed by atoms with E-state index in [2.05, 4.69) is 37.0 Å². The van der Waals surface area contributed by atoms with Crippen molar-refractivity contribution in [2.24, 2.45) is 0 Å². The summed E-state index contributed by atoms with van der Waals surface area (Å²) >= 11 is 0. The highest BCUT2D eigenvalue weighted by molar-refractivity contribution is 5.85. The van der Waals surface area contributed by atoms with E-state index >= 15 is 0 Å². The van der Waals surface area contributed by atoms with E-state index in [1.54, 1.807) is 21.8 Å². The summed E-state index contributed by atoms with van der Waals surface area (Å²) < 4.78 is 29.8. The van der Waals surface area contributed by atoms with E-state index in [0.29, 0.717) is 35.9 Å². The van der Waals surface area contributed by atoms with Gasteiger partial charge in [0.15, 0.2) is 5.82 Å². The van der Waals surface area contributed by atoms with E-state index in [-0.39, 0.29) is 31.0 Å². The molecule has 38 heavy (non-hydrogen) atoms. The highest BCUT2D eigenvalue weighted by Crippen LogP contribution is 2.35. The molecule has 2 aliphatic heterocycles. The number of hydrogen-bond acceptors (Lipinski definition) is 8. The summed E-state index contributed by atoms with van der Waals surface area (Å²) in [5.74, 6) is 0.354. The minimum absolute atomic E-state index is 0. The van der Waals surface area contributed by atoms with Crippen LogP contribution in [0.1, 0.15) is 23.2 Å². The Hall–Kier alpha value is -3.28. The van der Waals surface area contributed by atoms with Crippen molar-refractivity contribution in [3.63, 3.8) is 0 Å². The summed E-state index contributed by atoms with van der Waals surface area (Å²) in [5, 5.41) is 13.7. The van der Waals surface area contributed by atoms with Gasteiger partial charge >= 0.3 is 0 Å². The Bertz CT molecular complexity index is 1320. The Morgan fingerprint density at radius 1 is 1.21 bits per heavy atom. The molecule has 1 unspecified atom stereocenters. The molecule has 4 heterocycles. The van der Waals surface area contributed by atoms with E-state index in [1.807, 2.05) is 14.0 Å². The highest BCUT2D eigenvalue weighted by Gasteiger charge is 2.33. The number of nitrogen functional groups attached to an aromatic ring is 1. The summed E-state index contributed by atoms with van der Waals surface area (Å²) in [4.78, 5) is 14.9. The molecule has 9 nitrogen and oxygen atoms in total. The minimum Gasteiger partial charge on any atom is -0.395 e. The average molecular weight is 547 g/mol. The number of piperazine rings is 1. The maximum Gasteiger partial charge on any atom is 0.224 e. The standard InChI is InChI=1S/C26H32F2N8O.ClH/c1-17-18(15-30-36(17)25-14-24(31-26(29)32-25)33(2)10-11-37)4-3-7-34-8-9-35-20(16-34)5-6-21-22(28)12-19(27)13-23(21)35;/h3-4,12-15,20,37H,5-11,16H2,1-2H3,(H2,29,31,32);1H/b4-3+;. The van der Waals surface area contributed by atoms with Crippen molar-refractivity contribution in [2.75, 3.05) is 61.9 Å². The fraction of sp³-hybridized carbons (Fsp3) is 0.423. The molecule has 0 radical (unpaired) electrons. The lowest BCUT2D eigenvalue weighted by Crippen LogP contribution is -2.55. The molecule has 3 aromatic rings. The first kappa shape index (κ1) is 27.7. The molecule has 1 saturated heterocycles. The number of aliphatic hydroxyl groups excluding tert-OH is 1. The number of aliphatic hydroxyl groups is 1. The van der Waals surface area contributed by atoms with E-state index in [4.69, 9.17) is 5.73 Å². The van der Waals surface area contributed by atoms with Gasteiger partial charge < -0.3 is 20.6 Å². The van der Waals surface area contributed by atoms with Gasteiger partial charge in [-0.05, 0) is 25.8 Å². The number of rotatable bonds is 7. The second-order valence-electron chi connectivity index (χ2n) is 9.62. The van der Waals surface area contributed by atoms with Crippen LogP contribution in [-0.2, 0) is 6.42 Å². The third-order valence-corrected chi connectivity index (χ3v) is 7.21. The second kappa shape index (κ2) is 11.6. The van der Waals surface area contributed by atoms with Crippen LogP contribution in [0.3, 0.4) is 0 Å². The third-order valence-electron chi connectivity index (χ3n) is 7.21. The quantitative estimate of drug-likeness (QED) is 0.467. The molecule has 0 amide bonds. The van der Waals surface area contributed by atoms with Gasteiger partial charge in [-0.25, -0.2) is 13.5 Å². The second-order valence-corrected chi connectivity index (χ2v) is 9.62. The SMILES string of the molecule is Cc1c(/C=C/CN2CCN3c4cc(F)cc(F)c4CCC3C2)cnn1-c1cc(N(C)CCO)nc(N)n1.Cl. The van der Waals surface area contributed by atoms with Gasteiger partial charge in [0.1, 0.15) is 17.5 Å². The molecule has 0 spiro atoms. The molecule has 3 N–H and O–H groups in total. The lowest BCUT2D eigenvalue weighted by molar-refractivity contribution is 0.233. The van der Waals surface area contributed by atoms with Crippen LogP contribution in [0.5, 0.6) is 0 Å². The molecular weight excluding hydrogens is 514 g/mol. The van der Waals surface area contributed by atoms with Gasteiger partial charge in [0, 0.05) is 74.8 Å². The van der Waals surface area contributed by atoms with Crippen LogP contribution in [0.25, 0.3) is 11.9 Å². The monoisotopic (exact) mass is 546 g/mol. The Balaban J connectivity index is 0.00000336. The molecule has 0 saturated carbocycles. The molecule has 0 aliphatic carbocycles. The first-order valence-corrected chi connectivity index (χ1v) is 12.5. The fourth-order valence-electron chi connectivity index (χ4n) is 5.21. The normalized spacial score (nSPS) is 17.3. The van der Waals surface area contributed by atoms with E-state index in [1.165, 1.54) is 6.07 Å². The van der Waals surface area contributed by atoms with Gasteiger partial charge in [-0.15, -0.1) is 12.4 Å². The Labute approximate surface area is 227 Å². The van der Waals surface area contributed by atoms with Crippen LogP contribution in [-0.4, -0.2) is 82.2 Å². The molecule has 1 fully saturated rings. The van der Waals surface area contributed by atoms with Gasteiger partial charge in [-0.1, -0.05) is 12.2 Å². The summed E-state index contributed by atoms with van der Waals surface area (Å²) in [7, 11) is 1.83. The summed E-state index contributed by atoms with van der Waals surface area (Å²) in [6, 6.07) is 4.50. The molecule has 204 valence electrons. The molecule has 0 bridgehead atoms. The number of halogens is 3. The number of nitrogens with two attached hydrogens (primary N) is 1. The predicted octanol–water partition coefficient (Wildman–Crippen LogP) is 2.83. The van der Waals surface area contributed by atoms with Gasteiger partial charge in [-0.2, -0.15) is 15.1 Å². The first-order valence-electron chi connectivity index (χ1n) is 12.5. The Morgan fingerprint density at radius 3 is 2.82 bits per heavy atom. The van der Waals surface area contributed by atoms with Crippen molar-refractivity contribution in [3.8, 4) is 5.82 Å². The molecule has 2 aliphatic rings. The van der Waals surface area contributed by atoms with Gasteiger partial charge in [0.25, 0.3) is 0 Å². The zero-order valence-electron chi connectivity index (χ0n) is 21.5. The largest absolute Gasteiger partial charge is 0.395 e. The maximum absolute atomic E-state index is 14.2. The van der Waals surface area contributed by atoms with Crippen LogP contribution < -0.4 is 15.5 Å². The highest BCUT2D eigenvalue weighted by atomic mass is 35.5. The smallest absolute Gasteiger partial charge is 0.224 e. The third kappa shape index (κ3) is 5.59. The van der Waals surface area contributed by atoms with Crippen molar-refractivity contribution < 1.29 is 13.9 Å². The van der Waals surface area contributed by atoms with E-state index < -0.39 is 11.6 Å². The van der Waals surface area contributed by atoms with Crippen LogP contribution >= 0.6 is 12.4 Å². The maximum atomic E-state index is 14.2. The van der Waals surface area contributed by atoms with Gasteiger partial charge in [-0.3, -0.25) is 4.90 Å². The van der Waals surface area contributed by atoms with Gasteiger partial charge in [0.2, 0.25) is 5.95 Å². The number of likely N-dealkylation sites (N-methyl/N-ethyl adjacent to an activating group) is 1. The molecular formula is C26H33ClF2N8O. The average Bonchev–Trinajstić information content (AvgIpc) is 3.23. The lowest BCUT2D eigenvalue weighted by Gasteiger charge is -2.46. The number of anilines is 3. The summed E-state index contributed by atoms with van der Waals surface area (Å²) in [6.45, 7) is 5.59. The Morgan fingerprint density at radius 2 is 2.03 bits per heavy atom. The van der Waals surface area contributed by atoms with Crippen molar-refractivity contribution in [3.05, 3.63) is 58.9 Å². The fourth-order valence-corrected chi connectivity index (χ4v) is 5.21. The van der Waals surface area contributed by atoms with Crippen molar-refractivity contribution in [1.29, 1.82) is 0 Å². The van der Waals surface area contributed by atoms with E-state index in [9.17, 15) is 13.9 Å². The van der Waals surface area contributed by atoms with Crippen LogP contribution in [0.2, 0.25) is 0 Å². The number of aromatic nitrogens is 4. The number of benzene rings is 1. The zero-order chi connectivity index (χ0) is 26.1. The topological polar surface area (TPSA) is 99.6 Å². The lowest BCUT2D eigenvalue weighted by atomic mass is 9.93. The zero-order valence-corrected chi connectivity index (χ0v) is 22.3. The van der Waals surface area contributed by atoms with Crippen molar-refractivity contribution >= 4 is 35.9 Å². The Kier molecular flexibility index (Phi) is 8.49. The van der Waals surface area contributed by atoms with Crippen molar-refractivity contribution in [2.45, 2.75) is 25.8 Å². The van der Waals surface area contributed by atoms with Crippen LogP contribution in [0, 0.1) is 18.6 Å². The first-order chi connectivity index (χ1) is 17.8. The van der Waals surface area contributed by atoms with E-state index in [0.717, 1.165) is 49.9 Å².